The van der Waals surface area contributed by atoms with Gasteiger partial charge in [0.15, 0.2) is 0 Å². The monoisotopic (exact) mass is 222 g/mol. The summed E-state index contributed by atoms with van der Waals surface area (Å²) in [5.74, 6) is 0.0926. The molecule has 0 aliphatic carbocycles. The van der Waals surface area contributed by atoms with Crippen molar-refractivity contribution in [1.29, 1.82) is 0 Å². The van der Waals surface area contributed by atoms with Gasteiger partial charge in [0.2, 0.25) is 5.88 Å². The number of hydrogen-bond donors (Lipinski definition) is 1. The molecule has 1 aromatic heterocycles. The molecule has 0 aliphatic rings. The third kappa shape index (κ3) is 1.50. The first-order valence-corrected chi connectivity index (χ1v) is 4.68. The van der Waals surface area contributed by atoms with Gasteiger partial charge in [0.05, 0.1) is 24.4 Å². The number of hydrogen-bond acceptors (Lipinski definition) is 4. The molecule has 4 nitrogen and oxygen atoms in total. The maximum Gasteiger partial charge on any atom is 0.230 e. The van der Waals surface area contributed by atoms with E-state index in [1.54, 1.807) is 19.1 Å². The SMILES string of the molecule is COc1ccc(C)c(F)c1-c1cnoc1N. The van der Waals surface area contributed by atoms with Crippen molar-refractivity contribution >= 4 is 5.88 Å². The topological polar surface area (TPSA) is 61.3 Å². The molecule has 0 aliphatic heterocycles. The Morgan fingerprint density at radius 3 is 2.75 bits per heavy atom. The highest BCUT2D eigenvalue weighted by Crippen LogP contribution is 2.36. The van der Waals surface area contributed by atoms with Crippen LogP contribution in [0.1, 0.15) is 5.56 Å². The van der Waals surface area contributed by atoms with Crippen LogP contribution in [0.5, 0.6) is 5.75 Å². The van der Waals surface area contributed by atoms with Gasteiger partial charge in [-0.15, -0.1) is 0 Å². The average Bonchev–Trinajstić information content (AvgIpc) is 2.68. The Bertz CT molecular complexity index is 523. The van der Waals surface area contributed by atoms with Crippen LogP contribution in [0, 0.1) is 12.7 Å². The van der Waals surface area contributed by atoms with Crippen molar-refractivity contribution in [1.82, 2.24) is 5.16 Å². The molecule has 0 saturated heterocycles. The summed E-state index contributed by atoms with van der Waals surface area (Å²) < 4.78 is 23.8. The molecule has 16 heavy (non-hydrogen) atoms. The van der Waals surface area contributed by atoms with E-state index in [9.17, 15) is 4.39 Å². The zero-order chi connectivity index (χ0) is 11.7. The van der Waals surface area contributed by atoms with Gasteiger partial charge >= 0.3 is 0 Å². The lowest BCUT2D eigenvalue weighted by molar-refractivity contribution is 0.413. The Balaban J connectivity index is 2.72. The molecule has 0 atom stereocenters. The molecule has 1 heterocycles. The first kappa shape index (κ1) is 10.5. The third-order valence-corrected chi connectivity index (χ3v) is 2.38. The first-order valence-electron chi connectivity index (χ1n) is 4.68. The molecular weight excluding hydrogens is 211 g/mol. The number of nitrogens with zero attached hydrogens (tertiary/aromatic N) is 1. The number of methoxy groups -OCH3 is 1. The van der Waals surface area contributed by atoms with Crippen LogP contribution >= 0.6 is 0 Å². The summed E-state index contributed by atoms with van der Waals surface area (Å²) in [5.41, 5.74) is 6.75. The van der Waals surface area contributed by atoms with Crippen molar-refractivity contribution in [2.24, 2.45) is 0 Å². The average molecular weight is 222 g/mol. The number of aromatic nitrogens is 1. The van der Waals surface area contributed by atoms with E-state index in [-0.39, 0.29) is 17.3 Å². The molecule has 2 aromatic rings. The summed E-state index contributed by atoms with van der Waals surface area (Å²) in [6.07, 6.45) is 1.37. The predicted octanol–water partition coefficient (Wildman–Crippen LogP) is 2.38. The minimum atomic E-state index is -0.380. The molecule has 0 bridgehead atoms. The second-order valence-electron chi connectivity index (χ2n) is 3.38. The van der Waals surface area contributed by atoms with Crippen LogP contribution in [0.2, 0.25) is 0 Å². The van der Waals surface area contributed by atoms with Crippen molar-refractivity contribution < 1.29 is 13.7 Å². The van der Waals surface area contributed by atoms with E-state index >= 15 is 0 Å². The molecule has 0 saturated carbocycles. The van der Waals surface area contributed by atoms with Crippen molar-refractivity contribution in [3.8, 4) is 16.9 Å². The minimum absolute atomic E-state index is 0.0720. The van der Waals surface area contributed by atoms with Gasteiger partial charge in [-0.1, -0.05) is 11.2 Å². The van der Waals surface area contributed by atoms with Crippen LogP contribution in [0.15, 0.2) is 22.9 Å². The predicted molar refractivity (Wildman–Crippen MR) is 57.6 cm³/mol. The Kier molecular flexibility index (Phi) is 2.52. The van der Waals surface area contributed by atoms with Crippen LogP contribution in [0.3, 0.4) is 0 Å². The third-order valence-electron chi connectivity index (χ3n) is 2.38. The number of halogens is 1. The normalized spacial score (nSPS) is 10.4. The highest BCUT2D eigenvalue weighted by molar-refractivity contribution is 5.78. The van der Waals surface area contributed by atoms with Gasteiger partial charge in [-0.25, -0.2) is 4.39 Å². The molecule has 0 spiro atoms. The zero-order valence-corrected chi connectivity index (χ0v) is 8.95. The number of nitrogen functional groups attached to an aromatic ring is 1. The van der Waals surface area contributed by atoms with Gasteiger partial charge in [0.25, 0.3) is 0 Å². The summed E-state index contributed by atoms with van der Waals surface area (Å²) in [7, 11) is 1.47. The maximum absolute atomic E-state index is 14.0. The van der Waals surface area contributed by atoms with E-state index in [0.717, 1.165) is 0 Å². The number of ether oxygens (including phenoxy) is 1. The van der Waals surface area contributed by atoms with Gasteiger partial charge in [-0.2, -0.15) is 0 Å². The maximum atomic E-state index is 14.0. The molecule has 84 valence electrons. The molecular formula is C11H11FN2O2. The first-order chi connectivity index (χ1) is 7.65. The van der Waals surface area contributed by atoms with E-state index < -0.39 is 0 Å². The second-order valence-corrected chi connectivity index (χ2v) is 3.38. The highest BCUT2D eigenvalue weighted by Gasteiger charge is 2.18. The van der Waals surface area contributed by atoms with Gasteiger partial charge in [0, 0.05) is 0 Å². The van der Waals surface area contributed by atoms with Gasteiger partial charge in [-0.05, 0) is 18.6 Å². The number of rotatable bonds is 2. The fourth-order valence-corrected chi connectivity index (χ4v) is 1.52. The minimum Gasteiger partial charge on any atom is -0.496 e. The molecule has 1 aromatic carbocycles. The lowest BCUT2D eigenvalue weighted by Gasteiger charge is -2.09. The Hall–Kier alpha value is -2.04. The molecule has 0 amide bonds. The quantitative estimate of drug-likeness (QED) is 0.847. The largest absolute Gasteiger partial charge is 0.496 e. The van der Waals surface area contributed by atoms with Crippen molar-refractivity contribution in [3.63, 3.8) is 0 Å². The van der Waals surface area contributed by atoms with Gasteiger partial charge in [-0.3, -0.25) is 0 Å². The Labute approximate surface area is 91.8 Å². The summed E-state index contributed by atoms with van der Waals surface area (Å²) in [6.45, 7) is 1.67. The summed E-state index contributed by atoms with van der Waals surface area (Å²) in [4.78, 5) is 0. The summed E-state index contributed by atoms with van der Waals surface area (Å²) >= 11 is 0. The van der Waals surface area contributed by atoms with Crippen LogP contribution < -0.4 is 10.5 Å². The van der Waals surface area contributed by atoms with Gasteiger partial charge in [0.1, 0.15) is 11.6 Å². The van der Waals surface area contributed by atoms with E-state index in [0.29, 0.717) is 16.9 Å². The molecule has 5 heteroatoms. The second kappa shape index (κ2) is 3.84. The Morgan fingerprint density at radius 1 is 1.44 bits per heavy atom. The molecule has 2 rings (SSSR count). The smallest absolute Gasteiger partial charge is 0.230 e. The fraction of sp³-hybridized carbons (Fsp3) is 0.182. The fourth-order valence-electron chi connectivity index (χ4n) is 1.52. The molecule has 0 fully saturated rings. The molecule has 0 unspecified atom stereocenters. The van der Waals surface area contributed by atoms with Crippen molar-refractivity contribution in [2.75, 3.05) is 12.8 Å². The van der Waals surface area contributed by atoms with E-state index in [4.69, 9.17) is 15.0 Å². The standard InChI is InChI=1S/C11H11FN2O2/c1-6-3-4-8(15-2)9(10(6)12)7-5-14-16-11(7)13/h3-5H,13H2,1-2H3. The lowest BCUT2D eigenvalue weighted by Crippen LogP contribution is -1.95. The number of anilines is 1. The highest BCUT2D eigenvalue weighted by atomic mass is 19.1. The van der Waals surface area contributed by atoms with Crippen LogP contribution in [-0.2, 0) is 0 Å². The summed E-state index contributed by atoms with van der Waals surface area (Å²) in [6, 6.07) is 3.32. The van der Waals surface area contributed by atoms with Gasteiger partial charge < -0.3 is 15.0 Å². The summed E-state index contributed by atoms with van der Waals surface area (Å²) in [5, 5.41) is 3.52. The number of benzene rings is 1. The molecule has 2 N–H and O–H groups in total. The van der Waals surface area contributed by atoms with Crippen LogP contribution in [0.4, 0.5) is 10.3 Å². The van der Waals surface area contributed by atoms with Crippen molar-refractivity contribution in [3.05, 3.63) is 29.7 Å². The van der Waals surface area contributed by atoms with Crippen LogP contribution in [-0.4, -0.2) is 12.3 Å². The number of aryl methyl sites for hydroxylation is 1. The number of nitrogens with two attached hydrogens (primary N) is 1. The van der Waals surface area contributed by atoms with E-state index in [1.807, 2.05) is 0 Å². The van der Waals surface area contributed by atoms with Crippen molar-refractivity contribution in [2.45, 2.75) is 6.92 Å². The lowest BCUT2D eigenvalue weighted by atomic mass is 10.0. The van der Waals surface area contributed by atoms with Crippen LogP contribution in [0.25, 0.3) is 11.1 Å². The Morgan fingerprint density at radius 2 is 2.19 bits per heavy atom. The molecule has 0 radical (unpaired) electrons. The van der Waals surface area contributed by atoms with E-state index in [1.165, 1.54) is 13.3 Å². The zero-order valence-electron chi connectivity index (χ0n) is 8.95. The van der Waals surface area contributed by atoms with E-state index in [2.05, 4.69) is 5.16 Å².